The van der Waals surface area contributed by atoms with Gasteiger partial charge in [-0.25, -0.2) is 0 Å². The smallest absolute Gasteiger partial charge is 0.236 e. The lowest BCUT2D eigenvalue weighted by molar-refractivity contribution is -0.125. The summed E-state index contributed by atoms with van der Waals surface area (Å²) >= 11 is 0. The van der Waals surface area contributed by atoms with Crippen LogP contribution in [0, 0.1) is 0 Å². The molecule has 0 fully saturated rings. The molecule has 112 valence electrons. The highest BCUT2D eigenvalue weighted by atomic mass is 16.5. The largest absolute Gasteiger partial charge is 0.383 e. The first kappa shape index (κ1) is 17.8. The summed E-state index contributed by atoms with van der Waals surface area (Å²) in [5, 5.41) is 8.33. The molecule has 0 bridgehead atoms. The Morgan fingerprint density at radius 1 is 0.895 bits per heavy atom. The molecule has 2 unspecified atom stereocenters. The molecule has 0 aliphatic carbocycles. The van der Waals surface area contributed by atoms with Crippen molar-refractivity contribution in [1.29, 1.82) is 0 Å². The van der Waals surface area contributed by atoms with Crippen LogP contribution < -0.4 is 16.0 Å². The summed E-state index contributed by atoms with van der Waals surface area (Å²) in [5.74, 6) is -0.317. The van der Waals surface area contributed by atoms with E-state index in [0.29, 0.717) is 26.3 Å². The Kier molecular flexibility index (Phi) is 10.1. The Morgan fingerprint density at radius 2 is 1.26 bits per heavy atom. The minimum absolute atomic E-state index is 0.159. The highest BCUT2D eigenvalue weighted by Gasteiger charge is 2.19. The number of rotatable bonds is 10. The number of hydrogen-bond acceptors (Lipinski definition) is 5. The van der Waals surface area contributed by atoms with Gasteiger partial charge in [-0.05, 0) is 13.8 Å². The van der Waals surface area contributed by atoms with Crippen molar-refractivity contribution in [2.24, 2.45) is 0 Å². The maximum atomic E-state index is 11.7. The van der Waals surface area contributed by atoms with Gasteiger partial charge in [-0.15, -0.1) is 0 Å². The molecule has 0 aliphatic rings. The second kappa shape index (κ2) is 10.7. The molecule has 0 aromatic heterocycles. The Hall–Kier alpha value is -1.18. The molecule has 0 radical (unpaired) electrons. The molecule has 0 aliphatic heterocycles. The van der Waals surface area contributed by atoms with Gasteiger partial charge in [0.2, 0.25) is 11.8 Å². The first-order chi connectivity index (χ1) is 9.02. The number of amides is 2. The lowest BCUT2D eigenvalue weighted by Crippen LogP contribution is -2.51. The molecule has 2 amide bonds. The number of carbonyl (C=O) groups excluding carboxylic acids is 2. The third-order valence-electron chi connectivity index (χ3n) is 2.50. The molecule has 0 spiro atoms. The van der Waals surface area contributed by atoms with Crippen LogP contribution in [0.1, 0.15) is 13.8 Å². The van der Waals surface area contributed by atoms with E-state index in [1.165, 1.54) is 0 Å². The van der Waals surface area contributed by atoms with Crippen LogP contribution in [0.15, 0.2) is 0 Å². The maximum absolute atomic E-state index is 11.7. The predicted molar refractivity (Wildman–Crippen MR) is 71.8 cm³/mol. The molecule has 3 N–H and O–H groups in total. The third kappa shape index (κ3) is 8.52. The number of hydrogen-bond donors (Lipinski definition) is 3. The van der Waals surface area contributed by atoms with Crippen LogP contribution in [0.3, 0.4) is 0 Å². The minimum atomic E-state index is -0.444. The van der Waals surface area contributed by atoms with Crippen molar-refractivity contribution in [3.63, 3.8) is 0 Å². The molecule has 0 rings (SSSR count). The van der Waals surface area contributed by atoms with Crippen LogP contribution in [0.25, 0.3) is 0 Å². The Morgan fingerprint density at radius 3 is 1.58 bits per heavy atom. The van der Waals surface area contributed by atoms with Crippen LogP contribution in [0.4, 0.5) is 0 Å². The normalized spacial score (nSPS) is 13.7. The van der Waals surface area contributed by atoms with Gasteiger partial charge in [0.05, 0.1) is 25.3 Å². The van der Waals surface area contributed by atoms with Gasteiger partial charge in [-0.3, -0.25) is 14.9 Å². The Labute approximate surface area is 114 Å². The van der Waals surface area contributed by atoms with Crippen molar-refractivity contribution in [2.75, 3.05) is 40.5 Å². The van der Waals surface area contributed by atoms with Crippen molar-refractivity contribution in [2.45, 2.75) is 25.9 Å². The molecular weight excluding hydrogens is 250 g/mol. The van der Waals surface area contributed by atoms with Crippen LogP contribution in [-0.4, -0.2) is 64.4 Å². The zero-order valence-corrected chi connectivity index (χ0v) is 12.1. The van der Waals surface area contributed by atoms with E-state index in [0.717, 1.165) is 0 Å². The molecule has 19 heavy (non-hydrogen) atoms. The Balaban J connectivity index is 3.92. The highest BCUT2D eigenvalue weighted by molar-refractivity contribution is 5.84. The fourth-order valence-corrected chi connectivity index (χ4v) is 1.39. The summed E-state index contributed by atoms with van der Waals surface area (Å²) < 4.78 is 9.67. The van der Waals surface area contributed by atoms with E-state index in [9.17, 15) is 9.59 Å². The predicted octanol–water partition coefficient (Wildman–Crippen LogP) is -1.12. The van der Waals surface area contributed by atoms with Crippen molar-refractivity contribution in [3.05, 3.63) is 0 Å². The first-order valence-electron chi connectivity index (χ1n) is 6.32. The SMILES string of the molecule is COCCNC(=O)C(C)NC(C)C(=O)NCCOC. The van der Waals surface area contributed by atoms with Crippen molar-refractivity contribution < 1.29 is 19.1 Å². The van der Waals surface area contributed by atoms with Gasteiger partial charge < -0.3 is 20.1 Å². The van der Waals surface area contributed by atoms with E-state index in [1.807, 2.05) is 0 Å². The van der Waals surface area contributed by atoms with Crippen molar-refractivity contribution in [1.82, 2.24) is 16.0 Å². The van der Waals surface area contributed by atoms with E-state index >= 15 is 0 Å². The zero-order chi connectivity index (χ0) is 14.7. The van der Waals surface area contributed by atoms with E-state index in [1.54, 1.807) is 28.1 Å². The van der Waals surface area contributed by atoms with Crippen molar-refractivity contribution in [3.8, 4) is 0 Å². The van der Waals surface area contributed by atoms with Gasteiger partial charge in [-0.2, -0.15) is 0 Å². The van der Waals surface area contributed by atoms with Crippen LogP contribution in [-0.2, 0) is 19.1 Å². The summed E-state index contributed by atoms with van der Waals surface area (Å²) in [6, 6.07) is -0.889. The number of nitrogens with one attached hydrogen (secondary N) is 3. The summed E-state index contributed by atoms with van der Waals surface area (Å²) in [4.78, 5) is 23.3. The molecule has 0 heterocycles. The number of carbonyl (C=O) groups is 2. The van der Waals surface area contributed by atoms with Crippen LogP contribution >= 0.6 is 0 Å². The van der Waals surface area contributed by atoms with E-state index < -0.39 is 12.1 Å². The third-order valence-corrected chi connectivity index (χ3v) is 2.50. The molecule has 7 nitrogen and oxygen atoms in total. The second-order valence-corrected chi connectivity index (χ2v) is 4.18. The quantitative estimate of drug-likeness (QED) is 0.439. The van der Waals surface area contributed by atoms with Crippen LogP contribution in [0.5, 0.6) is 0 Å². The molecule has 0 aromatic rings. The summed E-state index contributed by atoms with van der Waals surface area (Å²) in [5.41, 5.74) is 0. The summed E-state index contributed by atoms with van der Waals surface area (Å²) in [6.07, 6.45) is 0. The van der Waals surface area contributed by atoms with Gasteiger partial charge in [-0.1, -0.05) is 0 Å². The van der Waals surface area contributed by atoms with E-state index in [-0.39, 0.29) is 11.8 Å². The average molecular weight is 275 g/mol. The monoisotopic (exact) mass is 275 g/mol. The molecular formula is C12H25N3O4. The van der Waals surface area contributed by atoms with E-state index in [2.05, 4.69) is 16.0 Å². The first-order valence-corrected chi connectivity index (χ1v) is 6.32. The molecule has 0 saturated heterocycles. The minimum Gasteiger partial charge on any atom is -0.383 e. The van der Waals surface area contributed by atoms with Gasteiger partial charge in [0.25, 0.3) is 0 Å². The standard InChI is InChI=1S/C12H25N3O4/c1-9(11(16)13-5-7-18-3)15-10(2)12(17)14-6-8-19-4/h9-10,15H,5-8H2,1-4H3,(H,13,16)(H,14,17). The molecule has 7 heteroatoms. The van der Waals surface area contributed by atoms with Gasteiger partial charge in [0.1, 0.15) is 0 Å². The lowest BCUT2D eigenvalue weighted by Gasteiger charge is -2.19. The topological polar surface area (TPSA) is 88.7 Å². The lowest BCUT2D eigenvalue weighted by atomic mass is 10.2. The van der Waals surface area contributed by atoms with Gasteiger partial charge in [0, 0.05) is 27.3 Å². The van der Waals surface area contributed by atoms with Gasteiger partial charge >= 0.3 is 0 Å². The maximum Gasteiger partial charge on any atom is 0.236 e. The number of methoxy groups -OCH3 is 2. The number of ether oxygens (including phenoxy) is 2. The second-order valence-electron chi connectivity index (χ2n) is 4.18. The van der Waals surface area contributed by atoms with Crippen LogP contribution in [0.2, 0.25) is 0 Å². The highest BCUT2D eigenvalue weighted by Crippen LogP contribution is 1.89. The zero-order valence-electron chi connectivity index (χ0n) is 12.1. The fraction of sp³-hybridized carbons (Fsp3) is 0.833. The molecule has 2 atom stereocenters. The average Bonchev–Trinajstić information content (AvgIpc) is 2.38. The van der Waals surface area contributed by atoms with Gasteiger partial charge in [0.15, 0.2) is 0 Å². The Bertz CT molecular complexity index is 248. The molecule has 0 aromatic carbocycles. The van der Waals surface area contributed by atoms with E-state index in [4.69, 9.17) is 9.47 Å². The van der Waals surface area contributed by atoms with Crippen molar-refractivity contribution >= 4 is 11.8 Å². The fourth-order valence-electron chi connectivity index (χ4n) is 1.39. The summed E-state index contributed by atoms with van der Waals surface area (Å²) in [6.45, 7) is 5.25. The molecule has 0 saturated carbocycles. The summed E-state index contributed by atoms with van der Waals surface area (Å²) in [7, 11) is 3.14.